The van der Waals surface area contributed by atoms with Gasteiger partial charge in [0.2, 0.25) is 0 Å². The van der Waals surface area contributed by atoms with Crippen LogP contribution >= 0.6 is 23.2 Å². The first-order valence-electron chi connectivity index (χ1n) is 7.31. The number of aryl methyl sites for hydroxylation is 1. The largest absolute Gasteiger partial charge is 0.207 e. The van der Waals surface area contributed by atoms with E-state index in [1.165, 1.54) is 17.2 Å². The van der Waals surface area contributed by atoms with E-state index < -0.39 is 0 Å². The molecule has 0 nitrogen and oxygen atoms in total. The summed E-state index contributed by atoms with van der Waals surface area (Å²) < 4.78 is 14.0. The van der Waals surface area contributed by atoms with E-state index in [4.69, 9.17) is 23.2 Å². The van der Waals surface area contributed by atoms with Crippen LogP contribution in [0.15, 0.2) is 42.5 Å². The lowest BCUT2D eigenvalue weighted by Gasteiger charge is -2.22. The van der Waals surface area contributed by atoms with Gasteiger partial charge in [0, 0.05) is 10.6 Å². The number of hydrogen-bond donors (Lipinski definition) is 0. The molecule has 0 saturated carbocycles. The minimum Gasteiger partial charge on any atom is -0.207 e. The number of rotatable bonds is 2. The molecule has 2 aromatic rings. The summed E-state index contributed by atoms with van der Waals surface area (Å²) in [6.45, 7) is 0. The van der Waals surface area contributed by atoms with Gasteiger partial charge < -0.3 is 0 Å². The lowest BCUT2D eigenvalue weighted by Crippen LogP contribution is -2.12. The molecule has 1 aliphatic carbocycles. The highest BCUT2D eigenvalue weighted by molar-refractivity contribution is 6.31. The van der Waals surface area contributed by atoms with E-state index in [1.54, 1.807) is 12.1 Å². The summed E-state index contributed by atoms with van der Waals surface area (Å²) in [6, 6.07) is 13.2. The summed E-state index contributed by atoms with van der Waals surface area (Å²) in [5.41, 5.74) is 3.10. The standard InChI is InChI=1S/C18H17Cl2F/c19-16-9-4-10-17(21)15(16)11-13-7-3-6-12-5-1-2-8-14(12)18(13)20/h1-2,4-5,8-10,13,18H,3,6-7,11H2. The highest BCUT2D eigenvalue weighted by atomic mass is 35.5. The molecule has 1 aliphatic rings. The van der Waals surface area contributed by atoms with Gasteiger partial charge in [0.15, 0.2) is 0 Å². The fourth-order valence-corrected chi connectivity index (χ4v) is 3.85. The molecule has 0 amide bonds. The molecule has 0 radical (unpaired) electrons. The van der Waals surface area contributed by atoms with E-state index in [0.29, 0.717) is 17.0 Å². The Bertz CT molecular complexity index is 619. The quantitative estimate of drug-likeness (QED) is 0.473. The van der Waals surface area contributed by atoms with Gasteiger partial charge in [-0.3, -0.25) is 0 Å². The van der Waals surface area contributed by atoms with Gasteiger partial charge in [0.25, 0.3) is 0 Å². The molecule has 21 heavy (non-hydrogen) atoms. The zero-order valence-electron chi connectivity index (χ0n) is 11.7. The summed E-state index contributed by atoms with van der Waals surface area (Å²) in [5, 5.41) is 0.413. The first-order chi connectivity index (χ1) is 10.2. The van der Waals surface area contributed by atoms with Crippen molar-refractivity contribution in [3.05, 3.63) is 70.0 Å². The Morgan fingerprint density at radius 1 is 1.10 bits per heavy atom. The van der Waals surface area contributed by atoms with Gasteiger partial charge in [-0.25, -0.2) is 4.39 Å². The fourth-order valence-electron chi connectivity index (χ4n) is 3.18. The molecule has 0 N–H and O–H groups in total. The monoisotopic (exact) mass is 322 g/mol. The summed E-state index contributed by atoms with van der Waals surface area (Å²) in [5.74, 6) is -0.0198. The summed E-state index contributed by atoms with van der Waals surface area (Å²) in [6.07, 6.45) is 3.71. The van der Waals surface area contributed by atoms with Gasteiger partial charge in [0.05, 0.1) is 5.38 Å². The Balaban J connectivity index is 1.90. The van der Waals surface area contributed by atoms with Crippen LogP contribution in [0.2, 0.25) is 5.02 Å². The third-order valence-corrected chi connectivity index (χ3v) is 5.26. The number of alkyl halides is 1. The normalized spacial score (nSPS) is 21.7. The third-order valence-electron chi connectivity index (χ3n) is 4.32. The Morgan fingerprint density at radius 3 is 2.71 bits per heavy atom. The van der Waals surface area contributed by atoms with Gasteiger partial charge in [0.1, 0.15) is 5.82 Å². The van der Waals surface area contributed by atoms with Crippen molar-refractivity contribution in [3.63, 3.8) is 0 Å². The highest BCUT2D eigenvalue weighted by Gasteiger charge is 2.27. The van der Waals surface area contributed by atoms with Crippen molar-refractivity contribution in [2.24, 2.45) is 5.92 Å². The molecular formula is C18H17Cl2F. The maximum Gasteiger partial charge on any atom is 0.127 e. The Hall–Kier alpha value is -1.05. The minimum absolute atomic E-state index is 0.0839. The van der Waals surface area contributed by atoms with Crippen LogP contribution in [0.5, 0.6) is 0 Å². The van der Waals surface area contributed by atoms with Crippen LogP contribution < -0.4 is 0 Å². The Kier molecular flexibility index (Phi) is 4.51. The van der Waals surface area contributed by atoms with Crippen molar-refractivity contribution in [2.75, 3.05) is 0 Å². The molecule has 0 spiro atoms. The van der Waals surface area contributed by atoms with E-state index in [-0.39, 0.29) is 17.1 Å². The van der Waals surface area contributed by atoms with E-state index >= 15 is 0 Å². The van der Waals surface area contributed by atoms with Crippen LogP contribution in [0.25, 0.3) is 0 Å². The predicted octanol–water partition coefficient (Wildman–Crippen LogP) is 5.95. The van der Waals surface area contributed by atoms with E-state index in [9.17, 15) is 4.39 Å². The first kappa shape index (κ1) is 14.9. The molecular weight excluding hydrogens is 306 g/mol. The van der Waals surface area contributed by atoms with E-state index in [1.807, 2.05) is 6.07 Å². The third kappa shape index (κ3) is 3.09. The zero-order valence-corrected chi connectivity index (χ0v) is 13.2. The van der Waals surface area contributed by atoms with Gasteiger partial charge in [-0.15, -0.1) is 11.6 Å². The van der Waals surface area contributed by atoms with E-state index in [0.717, 1.165) is 19.3 Å². The predicted molar refractivity (Wildman–Crippen MR) is 86.6 cm³/mol. The molecule has 0 fully saturated rings. The second-order valence-electron chi connectivity index (χ2n) is 5.66. The van der Waals surface area contributed by atoms with Gasteiger partial charge in [-0.05, 0) is 54.9 Å². The van der Waals surface area contributed by atoms with Gasteiger partial charge in [-0.1, -0.05) is 41.9 Å². The topological polar surface area (TPSA) is 0 Å². The number of fused-ring (bicyclic) bond motifs is 1. The van der Waals surface area contributed by atoms with Crippen molar-refractivity contribution in [1.29, 1.82) is 0 Å². The minimum atomic E-state index is -0.233. The van der Waals surface area contributed by atoms with Crippen molar-refractivity contribution in [2.45, 2.75) is 31.1 Å². The molecule has 2 aromatic carbocycles. The average molecular weight is 323 g/mol. The number of benzene rings is 2. The second kappa shape index (κ2) is 6.37. The summed E-state index contributed by atoms with van der Waals surface area (Å²) in [4.78, 5) is 0. The van der Waals surface area contributed by atoms with Gasteiger partial charge >= 0.3 is 0 Å². The van der Waals surface area contributed by atoms with E-state index in [2.05, 4.69) is 18.2 Å². The van der Waals surface area contributed by atoms with Crippen LogP contribution in [0.4, 0.5) is 4.39 Å². The Labute approximate surface area is 134 Å². The molecule has 0 saturated heterocycles. The molecule has 3 rings (SSSR count). The summed E-state index contributed by atoms with van der Waals surface area (Å²) >= 11 is 12.9. The molecule has 2 atom stereocenters. The molecule has 0 aliphatic heterocycles. The van der Waals surface area contributed by atoms with Crippen LogP contribution in [0.1, 0.15) is 34.9 Å². The number of halogens is 3. The molecule has 2 unspecified atom stereocenters. The van der Waals surface area contributed by atoms with Crippen molar-refractivity contribution in [1.82, 2.24) is 0 Å². The fraction of sp³-hybridized carbons (Fsp3) is 0.333. The number of hydrogen-bond acceptors (Lipinski definition) is 0. The molecule has 0 bridgehead atoms. The molecule has 0 aromatic heterocycles. The molecule has 0 heterocycles. The first-order valence-corrected chi connectivity index (χ1v) is 8.13. The average Bonchev–Trinajstić information content (AvgIpc) is 2.63. The Morgan fingerprint density at radius 2 is 1.90 bits per heavy atom. The van der Waals surface area contributed by atoms with Crippen molar-refractivity contribution < 1.29 is 4.39 Å². The molecule has 3 heteroatoms. The maximum atomic E-state index is 14.0. The van der Waals surface area contributed by atoms with Crippen molar-refractivity contribution in [3.8, 4) is 0 Å². The summed E-state index contributed by atoms with van der Waals surface area (Å²) in [7, 11) is 0. The van der Waals surface area contributed by atoms with Crippen LogP contribution in [0.3, 0.4) is 0 Å². The lowest BCUT2D eigenvalue weighted by molar-refractivity contribution is 0.455. The van der Waals surface area contributed by atoms with Crippen molar-refractivity contribution >= 4 is 23.2 Å². The van der Waals surface area contributed by atoms with Crippen LogP contribution in [-0.2, 0) is 12.8 Å². The SMILES string of the molecule is Fc1cccc(Cl)c1CC1CCCc2ccccc2C1Cl. The zero-order chi connectivity index (χ0) is 14.8. The van der Waals surface area contributed by atoms with Crippen LogP contribution in [0, 0.1) is 11.7 Å². The smallest absolute Gasteiger partial charge is 0.127 e. The highest BCUT2D eigenvalue weighted by Crippen LogP contribution is 2.40. The molecule has 110 valence electrons. The van der Waals surface area contributed by atoms with Gasteiger partial charge in [-0.2, -0.15) is 0 Å². The second-order valence-corrected chi connectivity index (χ2v) is 6.53. The van der Waals surface area contributed by atoms with Crippen LogP contribution in [-0.4, -0.2) is 0 Å². The lowest BCUT2D eigenvalue weighted by atomic mass is 9.90. The maximum absolute atomic E-state index is 14.0.